The lowest BCUT2D eigenvalue weighted by Crippen LogP contribution is -2.15. The molecule has 4 rings (SSSR count). The Morgan fingerprint density at radius 1 is 1.21 bits per heavy atom. The minimum absolute atomic E-state index is 0.118. The van der Waals surface area contributed by atoms with Gasteiger partial charge in [0.15, 0.2) is 0 Å². The average molecular weight is 489 g/mol. The zero-order valence-electron chi connectivity index (χ0n) is 15.5. The standard InChI is InChI=1S/C22H20INO4/c1-2-27-20(25)12-14-5-3-4-6-18(14)24-22(26)16-9-15-11-19(13-7-8-13)28-21(15)17(23)10-16/h3-6,9-11,13H,2,7-8,12H2,1H3,(H,24,26). The number of para-hydroxylation sites is 1. The number of benzene rings is 2. The third-order valence-electron chi connectivity index (χ3n) is 4.74. The topological polar surface area (TPSA) is 68.5 Å². The van der Waals surface area contributed by atoms with E-state index < -0.39 is 0 Å². The van der Waals surface area contributed by atoms with Crippen LogP contribution in [0.2, 0.25) is 0 Å². The zero-order chi connectivity index (χ0) is 19.7. The third kappa shape index (κ3) is 4.06. The summed E-state index contributed by atoms with van der Waals surface area (Å²) >= 11 is 2.20. The summed E-state index contributed by atoms with van der Waals surface area (Å²) in [6, 6.07) is 13.0. The zero-order valence-corrected chi connectivity index (χ0v) is 17.6. The number of hydrogen-bond acceptors (Lipinski definition) is 4. The van der Waals surface area contributed by atoms with Gasteiger partial charge in [0, 0.05) is 22.6 Å². The summed E-state index contributed by atoms with van der Waals surface area (Å²) in [7, 11) is 0. The summed E-state index contributed by atoms with van der Waals surface area (Å²) in [6.45, 7) is 2.10. The molecule has 1 aliphatic carbocycles. The number of anilines is 1. The van der Waals surface area contributed by atoms with E-state index >= 15 is 0 Å². The van der Waals surface area contributed by atoms with Gasteiger partial charge in [0.25, 0.3) is 5.91 Å². The minimum Gasteiger partial charge on any atom is -0.466 e. The van der Waals surface area contributed by atoms with Crippen LogP contribution in [0, 0.1) is 3.57 Å². The number of nitrogens with one attached hydrogen (secondary N) is 1. The Kier molecular flexibility index (Phi) is 5.39. The molecule has 0 radical (unpaired) electrons. The predicted octanol–water partition coefficient (Wildman–Crippen LogP) is 5.27. The van der Waals surface area contributed by atoms with Gasteiger partial charge in [-0.1, -0.05) is 18.2 Å². The van der Waals surface area contributed by atoms with Crippen molar-refractivity contribution in [2.24, 2.45) is 0 Å². The first kappa shape index (κ1) is 19.0. The highest BCUT2D eigenvalue weighted by atomic mass is 127. The number of rotatable bonds is 6. The maximum atomic E-state index is 12.9. The number of hydrogen-bond donors (Lipinski definition) is 1. The van der Waals surface area contributed by atoms with Crippen molar-refractivity contribution in [1.82, 2.24) is 0 Å². The lowest BCUT2D eigenvalue weighted by molar-refractivity contribution is -0.142. The fourth-order valence-corrected chi connectivity index (χ4v) is 3.95. The Balaban J connectivity index is 1.58. The van der Waals surface area contributed by atoms with Crippen molar-refractivity contribution in [3.05, 3.63) is 62.9 Å². The minimum atomic E-state index is -0.314. The largest absolute Gasteiger partial charge is 0.466 e. The SMILES string of the molecule is CCOC(=O)Cc1ccccc1NC(=O)c1cc(I)c2oc(C3CC3)cc2c1. The second-order valence-electron chi connectivity index (χ2n) is 6.89. The van der Waals surface area contributed by atoms with Gasteiger partial charge in [0.2, 0.25) is 0 Å². The molecular formula is C22H20INO4. The molecule has 0 saturated heterocycles. The van der Waals surface area contributed by atoms with Crippen molar-refractivity contribution in [1.29, 1.82) is 0 Å². The quantitative estimate of drug-likeness (QED) is 0.378. The molecule has 1 N–H and O–H groups in total. The molecule has 0 unspecified atom stereocenters. The van der Waals surface area contributed by atoms with Crippen LogP contribution < -0.4 is 5.32 Å². The van der Waals surface area contributed by atoms with E-state index in [0.29, 0.717) is 23.8 Å². The fourth-order valence-electron chi connectivity index (χ4n) is 3.19. The van der Waals surface area contributed by atoms with Crippen molar-refractivity contribution >= 4 is 51.1 Å². The van der Waals surface area contributed by atoms with Gasteiger partial charge in [-0.25, -0.2) is 0 Å². The van der Waals surface area contributed by atoms with Crippen molar-refractivity contribution < 1.29 is 18.7 Å². The molecule has 1 fully saturated rings. The van der Waals surface area contributed by atoms with Crippen molar-refractivity contribution in [3.63, 3.8) is 0 Å². The molecule has 2 aromatic carbocycles. The maximum Gasteiger partial charge on any atom is 0.310 e. The van der Waals surface area contributed by atoms with Crippen molar-refractivity contribution in [3.8, 4) is 0 Å². The van der Waals surface area contributed by atoms with Gasteiger partial charge in [-0.15, -0.1) is 0 Å². The lowest BCUT2D eigenvalue weighted by atomic mass is 10.1. The third-order valence-corrected chi connectivity index (χ3v) is 5.54. The maximum absolute atomic E-state index is 12.9. The second kappa shape index (κ2) is 7.95. The first-order valence-corrected chi connectivity index (χ1v) is 10.4. The molecule has 0 spiro atoms. The Morgan fingerprint density at radius 2 is 2.00 bits per heavy atom. The van der Waals surface area contributed by atoms with Gasteiger partial charge in [-0.05, 0) is 72.2 Å². The second-order valence-corrected chi connectivity index (χ2v) is 8.05. The van der Waals surface area contributed by atoms with Crippen LogP contribution in [0.4, 0.5) is 5.69 Å². The summed E-state index contributed by atoms with van der Waals surface area (Å²) in [5.41, 5.74) is 2.73. The fraction of sp³-hybridized carbons (Fsp3) is 0.273. The summed E-state index contributed by atoms with van der Waals surface area (Å²) in [5.74, 6) is 0.997. The van der Waals surface area contributed by atoms with E-state index in [0.717, 1.165) is 25.9 Å². The molecule has 1 saturated carbocycles. The molecule has 1 aromatic heterocycles. The monoisotopic (exact) mass is 489 g/mol. The van der Waals surface area contributed by atoms with Gasteiger partial charge in [-0.3, -0.25) is 9.59 Å². The number of furan rings is 1. The highest BCUT2D eigenvalue weighted by Crippen LogP contribution is 2.43. The Labute approximate surface area is 176 Å². The number of carbonyl (C=O) groups is 2. The van der Waals surface area contributed by atoms with E-state index in [9.17, 15) is 9.59 Å². The van der Waals surface area contributed by atoms with Crippen molar-refractivity contribution in [2.45, 2.75) is 32.1 Å². The van der Waals surface area contributed by atoms with Crippen LogP contribution in [0.1, 0.15) is 47.4 Å². The Morgan fingerprint density at radius 3 is 2.75 bits per heavy atom. The molecule has 0 atom stereocenters. The van der Waals surface area contributed by atoms with Gasteiger partial charge in [0.05, 0.1) is 16.6 Å². The predicted molar refractivity (Wildman–Crippen MR) is 116 cm³/mol. The molecule has 1 heterocycles. The van der Waals surface area contributed by atoms with Crippen LogP contribution in [-0.2, 0) is 16.0 Å². The molecule has 1 amide bonds. The average Bonchev–Trinajstić information content (AvgIpc) is 3.42. The van der Waals surface area contributed by atoms with Gasteiger partial charge in [0.1, 0.15) is 11.3 Å². The molecule has 3 aromatic rings. The molecule has 144 valence electrons. The van der Waals surface area contributed by atoms with E-state index in [2.05, 4.69) is 27.9 Å². The van der Waals surface area contributed by atoms with E-state index in [1.54, 1.807) is 13.0 Å². The molecule has 6 heteroatoms. The number of fused-ring (bicyclic) bond motifs is 1. The molecular weight excluding hydrogens is 469 g/mol. The first-order chi connectivity index (χ1) is 13.5. The van der Waals surface area contributed by atoms with Gasteiger partial charge < -0.3 is 14.5 Å². The number of esters is 1. The molecule has 0 bridgehead atoms. The number of ether oxygens (including phenoxy) is 1. The number of carbonyl (C=O) groups excluding carboxylic acids is 2. The van der Waals surface area contributed by atoms with Crippen LogP contribution in [0.25, 0.3) is 11.0 Å². The number of amides is 1. The van der Waals surface area contributed by atoms with Crippen LogP contribution in [0.3, 0.4) is 0 Å². The van der Waals surface area contributed by atoms with Crippen LogP contribution >= 0.6 is 22.6 Å². The summed E-state index contributed by atoms with van der Waals surface area (Å²) in [4.78, 5) is 24.7. The van der Waals surface area contributed by atoms with E-state index in [1.807, 2.05) is 36.4 Å². The Hall–Kier alpha value is -2.35. The first-order valence-electron chi connectivity index (χ1n) is 9.33. The van der Waals surface area contributed by atoms with E-state index in [-0.39, 0.29) is 18.3 Å². The highest BCUT2D eigenvalue weighted by molar-refractivity contribution is 14.1. The highest BCUT2D eigenvalue weighted by Gasteiger charge is 2.28. The van der Waals surface area contributed by atoms with E-state index in [4.69, 9.17) is 9.15 Å². The molecule has 5 nitrogen and oxygen atoms in total. The van der Waals surface area contributed by atoms with Gasteiger partial charge in [-0.2, -0.15) is 0 Å². The van der Waals surface area contributed by atoms with Gasteiger partial charge >= 0.3 is 5.97 Å². The normalized spacial score (nSPS) is 13.5. The van der Waals surface area contributed by atoms with Crippen molar-refractivity contribution in [2.75, 3.05) is 11.9 Å². The summed E-state index contributed by atoms with van der Waals surface area (Å²) in [5, 5.41) is 3.87. The smallest absolute Gasteiger partial charge is 0.310 e. The molecule has 1 aliphatic rings. The van der Waals surface area contributed by atoms with E-state index in [1.165, 1.54) is 12.8 Å². The van der Waals surface area contributed by atoms with Crippen LogP contribution in [-0.4, -0.2) is 18.5 Å². The molecule has 28 heavy (non-hydrogen) atoms. The summed E-state index contributed by atoms with van der Waals surface area (Å²) in [6.07, 6.45) is 2.45. The van der Waals surface area contributed by atoms with Crippen LogP contribution in [0.5, 0.6) is 0 Å². The molecule has 0 aliphatic heterocycles. The lowest BCUT2D eigenvalue weighted by Gasteiger charge is -2.11. The van der Waals surface area contributed by atoms with Crippen LogP contribution in [0.15, 0.2) is 46.9 Å². The Bertz CT molecular complexity index is 1050. The summed E-state index contributed by atoms with van der Waals surface area (Å²) < 4.78 is 11.9. The number of halogens is 1.